The van der Waals surface area contributed by atoms with Crippen LogP contribution in [0.5, 0.6) is 0 Å². The second-order valence-corrected chi connectivity index (χ2v) is 5.81. The highest BCUT2D eigenvalue weighted by atomic mass is 19.4. The number of benzene rings is 2. The van der Waals surface area contributed by atoms with E-state index < -0.39 is 17.7 Å². The molecule has 0 spiro atoms. The summed E-state index contributed by atoms with van der Waals surface area (Å²) in [6.07, 6.45) is -3.23. The van der Waals surface area contributed by atoms with Gasteiger partial charge in [0.1, 0.15) is 5.69 Å². The van der Waals surface area contributed by atoms with Crippen LogP contribution >= 0.6 is 0 Å². The SMILES string of the molecule is C=Cc1cc(C(=O)OCC)nc2c(C(F)(F)F)cc(-c3ccccc3)cc12. The molecule has 27 heavy (non-hydrogen) atoms. The summed E-state index contributed by atoms with van der Waals surface area (Å²) in [6, 6.07) is 12.8. The van der Waals surface area contributed by atoms with E-state index in [2.05, 4.69) is 11.6 Å². The number of ether oxygens (including phenoxy) is 1. The fourth-order valence-corrected chi connectivity index (χ4v) is 2.84. The average Bonchev–Trinajstić information content (AvgIpc) is 2.66. The third-order valence-electron chi connectivity index (χ3n) is 4.06. The lowest BCUT2D eigenvalue weighted by Crippen LogP contribution is -2.11. The normalized spacial score (nSPS) is 11.4. The molecule has 0 N–H and O–H groups in total. The highest BCUT2D eigenvalue weighted by Gasteiger charge is 2.34. The van der Waals surface area contributed by atoms with Crippen LogP contribution in [0, 0.1) is 0 Å². The number of alkyl halides is 3. The molecule has 0 atom stereocenters. The molecule has 0 saturated carbocycles. The van der Waals surface area contributed by atoms with Gasteiger partial charge in [0.2, 0.25) is 0 Å². The van der Waals surface area contributed by atoms with Gasteiger partial charge in [-0.15, -0.1) is 0 Å². The van der Waals surface area contributed by atoms with E-state index in [4.69, 9.17) is 4.74 Å². The fraction of sp³-hybridized carbons (Fsp3) is 0.143. The lowest BCUT2D eigenvalue weighted by atomic mass is 9.96. The lowest BCUT2D eigenvalue weighted by Gasteiger charge is -2.15. The zero-order chi connectivity index (χ0) is 19.6. The van der Waals surface area contributed by atoms with E-state index in [-0.39, 0.29) is 23.2 Å². The molecule has 0 aliphatic carbocycles. The number of aromatic nitrogens is 1. The van der Waals surface area contributed by atoms with Gasteiger partial charge in [-0.2, -0.15) is 13.2 Å². The second-order valence-electron chi connectivity index (χ2n) is 5.81. The van der Waals surface area contributed by atoms with Crippen LogP contribution in [0.4, 0.5) is 13.2 Å². The molecule has 1 aromatic heterocycles. The largest absolute Gasteiger partial charge is 0.461 e. The smallest absolute Gasteiger partial charge is 0.418 e. The van der Waals surface area contributed by atoms with Crippen molar-refractivity contribution in [2.24, 2.45) is 0 Å². The van der Waals surface area contributed by atoms with Gasteiger partial charge >= 0.3 is 12.1 Å². The molecule has 1 heterocycles. The molecule has 0 saturated heterocycles. The Morgan fingerprint density at radius 3 is 2.44 bits per heavy atom. The summed E-state index contributed by atoms with van der Waals surface area (Å²) in [5.74, 6) is -0.775. The minimum absolute atomic E-state index is 0.0983. The lowest BCUT2D eigenvalue weighted by molar-refractivity contribution is -0.136. The molecule has 0 bridgehead atoms. The Bertz CT molecular complexity index is 1010. The Labute approximate surface area is 154 Å². The Hall–Kier alpha value is -3.15. The van der Waals surface area contributed by atoms with Crippen LogP contribution in [-0.4, -0.2) is 17.6 Å². The molecule has 0 unspecified atom stereocenters. The quantitative estimate of drug-likeness (QED) is 0.549. The maximum atomic E-state index is 13.7. The summed E-state index contributed by atoms with van der Waals surface area (Å²) in [7, 11) is 0. The molecule has 3 rings (SSSR count). The maximum Gasteiger partial charge on any atom is 0.418 e. The van der Waals surface area contributed by atoms with Crippen molar-refractivity contribution >= 4 is 22.9 Å². The Morgan fingerprint density at radius 1 is 1.15 bits per heavy atom. The summed E-state index contributed by atoms with van der Waals surface area (Å²) in [5.41, 5.74) is 0.0397. The minimum atomic E-state index is -4.64. The fourth-order valence-electron chi connectivity index (χ4n) is 2.84. The monoisotopic (exact) mass is 371 g/mol. The first-order valence-electron chi connectivity index (χ1n) is 8.26. The molecule has 3 nitrogen and oxygen atoms in total. The van der Waals surface area contributed by atoms with Crippen molar-refractivity contribution < 1.29 is 22.7 Å². The molecule has 0 aliphatic rings. The number of hydrogen-bond acceptors (Lipinski definition) is 3. The van der Waals surface area contributed by atoms with Gasteiger partial charge in [0.05, 0.1) is 17.7 Å². The van der Waals surface area contributed by atoms with Crippen molar-refractivity contribution in [3.63, 3.8) is 0 Å². The summed E-state index contributed by atoms with van der Waals surface area (Å²) >= 11 is 0. The number of halogens is 3. The molecule has 0 amide bonds. The van der Waals surface area contributed by atoms with Crippen molar-refractivity contribution in [2.45, 2.75) is 13.1 Å². The minimum Gasteiger partial charge on any atom is -0.461 e. The third kappa shape index (κ3) is 3.69. The molecule has 0 fully saturated rings. The van der Waals surface area contributed by atoms with Crippen LogP contribution in [-0.2, 0) is 10.9 Å². The summed E-state index contributed by atoms with van der Waals surface area (Å²) in [6.45, 7) is 5.37. The van der Waals surface area contributed by atoms with E-state index in [0.29, 0.717) is 16.7 Å². The number of carbonyl (C=O) groups is 1. The summed E-state index contributed by atoms with van der Waals surface area (Å²) < 4.78 is 46.1. The van der Waals surface area contributed by atoms with Crippen LogP contribution in [0.3, 0.4) is 0 Å². The number of pyridine rings is 1. The first kappa shape index (κ1) is 18.6. The van der Waals surface area contributed by atoms with Crippen LogP contribution in [0.25, 0.3) is 28.1 Å². The molecule has 0 radical (unpaired) electrons. The number of nitrogens with zero attached hydrogens (tertiary/aromatic N) is 1. The van der Waals surface area contributed by atoms with E-state index in [1.54, 1.807) is 43.3 Å². The molecule has 0 aliphatic heterocycles. The first-order valence-corrected chi connectivity index (χ1v) is 8.26. The van der Waals surface area contributed by atoms with Gasteiger partial charge < -0.3 is 4.74 Å². The van der Waals surface area contributed by atoms with E-state index in [1.165, 1.54) is 12.1 Å². The Morgan fingerprint density at radius 2 is 1.85 bits per heavy atom. The van der Waals surface area contributed by atoms with Crippen LogP contribution in [0.1, 0.15) is 28.5 Å². The number of hydrogen-bond donors (Lipinski definition) is 0. The van der Waals surface area contributed by atoms with E-state index in [9.17, 15) is 18.0 Å². The third-order valence-corrected chi connectivity index (χ3v) is 4.06. The van der Waals surface area contributed by atoms with Crippen molar-refractivity contribution in [3.8, 4) is 11.1 Å². The molecular formula is C21H16F3NO2. The van der Waals surface area contributed by atoms with E-state index in [0.717, 1.165) is 6.07 Å². The second kappa shape index (κ2) is 7.23. The van der Waals surface area contributed by atoms with Gasteiger partial charge in [-0.3, -0.25) is 0 Å². The van der Waals surface area contributed by atoms with Crippen molar-refractivity contribution in [2.75, 3.05) is 6.61 Å². The molecular weight excluding hydrogens is 355 g/mol. The Balaban J connectivity index is 2.36. The van der Waals surface area contributed by atoms with Gasteiger partial charge in [0.15, 0.2) is 0 Å². The van der Waals surface area contributed by atoms with E-state index >= 15 is 0 Å². The number of esters is 1. The van der Waals surface area contributed by atoms with Gasteiger partial charge in [-0.1, -0.05) is 43.0 Å². The zero-order valence-corrected chi connectivity index (χ0v) is 14.5. The van der Waals surface area contributed by atoms with Crippen molar-refractivity contribution in [1.82, 2.24) is 4.98 Å². The first-order chi connectivity index (χ1) is 12.8. The van der Waals surface area contributed by atoms with E-state index in [1.807, 2.05) is 0 Å². The van der Waals surface area contributed by atoms with Crippen LogP contribution in [0.2, 0.25) is 0 Å². The highest BCUT2D eigenvalue weighted by Crippen LogP contribution is 2.38. The van der Waals surface area contributed by atoms with Crippen molar-refractivity contribution in [1.29, 1.82) is 0 Å². The van der Waals surface area contributed by atoms with Gasteiger partial charge in [-0.05, 0) is 41.8 Å². The molecule has 2 aromatic carbocycles. The predicted octanol–water partition coefficient (Wildman–Crippen LogP) is 5.74. The van der Waals surface area contributed by atoms with Crippen LogP contribution < -0.4 is 0 Å². The standard InChI is InChI=1S/C21H16F3NO2/c1-3-13-12-18(20(26)27-4-2)25-19-16(13)10-15(11-17(19)21(22,23)24)14-8-6-5-7-9-14/h3,5-12H,1,4H2,2H3. The molecule has 6 heteroatoms. The summed E-state index contributed by atoms with van der Waals surface area (Å²) in [5, 5.41) is 0.270. The predicted molar refractivity (Wildman–Crippen MR) is 98.2 cm³/mol. The summed E-state index contributed by atoms with van der Waals surface area (Å²) in [4.78, 5) is 16.0. The molecule has 3 aromatic rings. The number of rotatable bonds is 4. The Kier molecular flexibility index (Phi) is 4.99. The highest BCUT2D eigenvalue weighted by molar-refractivity contribution is 5.98. The van der Waals surface area contributed by atoms with Gasteiger partial charge in [0, 0.05) is 5.39 Å². The van der Waals surface area contributed by atoms with Gasteiger partial charge in [-0.25, -0.2) is 9.78 Å². The average molecular weight is 371 g/mol. The maximum absolute atomic E-state index is 13.7. The topological polar surface area (TPSA) is 39.2 Å². The van der Waals surface area contributed by atoms with Gasteiger partial charge in [0.25, 0.3) is 0 Å². The number of carbonyl (C=O) groups excluding carboxylic acids is 1. The van der Waals surface area contributed by atoms with Crippen LogP contribution in [0.15, 0.2) is 55.1 Å². The number of fused-ring (bicyclic) bond motifs is 1. The molecule has 138 valence electrons. The zero-order valence-electron chi connectivity index (χ0n) is 14.5. The van der Waals surface area contributed by atoms with Crippen molar-refractivity contribution in [3.05, 3.63) is 71.9 Å².